The van der Waals surface area contributed by atoms with Crippen molar-refractivity contribution in [2.75, 3.05) is 19.8 Å². The van der Waals surface area contributed by atoms with Crippen molar-refractivity contribution in [3.63, 3.8) is 0 Å². The highest BCUT2D eigenvalue weighted by Gasteiger charge is 2.21. The quantitative estimate of drug-likeness (QED) is 0.680. The van der Waals surface area contributed by atoms with E-state index in [0.29, 0.717) is 19.8 Å². The Kier molecular flexibility index (Phi) is 6.84. The summed E-state index contributed by atoms with van der Waals surface area (Å²) in [5.74, 6) is 0.302. The maximum absolute atomic E-state index is 10.2. The van der Waals surface area contributed by atoms with E-state index in [1.165, 1.54) is 6.07 Å². The van der Waals surface area contributed by atoms with Crippen LogP contribution in [-0.4, -0.2) is 30.0 Å². The highest BCUT2D eigenvalue weighted by Crippen LogP contribution is 2.49. The fourth-order valence-corrected chi connectivity index (χ4v) is 1.60. The van der Waals surface area contributed by atoms with Gasteiger partial charge in [-0.25, -0.2) is 0 Å². The Balaban J connectivity index is 3.11. The highest BCUT2D eigenvalue weighted by molar-refractivity contribution is 5.64. The van der Waals surface area contributed by atoms with Crippen LogP contribution in [0, 0.1) is 0 Å². The molecule has 0 heterocycles. The number of benzene rings is 1. The van der Waals surface area contributed by atoms with Gasteiger partial charge in [-0.05, 0) is 19.3 Å². The molecule has 5 nitrogen and oxygen atoms in total. The Morgan fingerprint density at radius 1 is 0.800 bits per heavy atom. The average molecular weight is 284 g/mol. The van der Waals surface area contributed by atoms with Crippen LogP contribution in [0.25, 0.3) is 0 Å². The molecular weight excluding hydrogens is 260 g/mol. The maximum Gasteiger partial charge on any atom is 0.211 e. The van der Waals surface area contributed by atoms with E-state index in [1.54, 1.807) is 0 Å². The molecule has 1 rings (SSSR count). The van der Waals surface area contributed by atoms with Gasteiger partial charge < -0.3 is 24.4 Å². The van der Waals surface area contributed by atoms with Gasteiger partial charge in [0.2, 0.25) is 17.2 Å². The summed E-state index contributed by atoms with van der Waals surface area (Å²) in [7, 11) is 0. The summed E-state index contributed by atoms with van der Waals surface area (Å²) in [4.78, 5) is 0. The number of phenols is 2. The lowest BCUT2D eigenvalue weighted by molar-refractivity contribution is 0.238. The van der Waals surface area contributed by atoms with Crippen LogP contribution in [0.5, 0.6) is 28.7 Å². The summed E-state index contributed by atoms with van der Waals surface area (Å²) in [5, 5.41) is 20.2. The first-order valence-electron chi connectivity index (χ1n) is 7.12. The largest absolute Gasteiger partial charge is 0.504 e. The van der Waals surface area contributed by atoms with E-state index < -0.39 is 0 Å². The van der Waals surface area contributed by atoms with E-state index in [1.807, 2.05) is 20.8 Å². The van der Waals surface area contributed by atoms with Crippen LogP contribution >= 0.6 is 0 Å². The lowest BCUT2D eigenvalue weighted by Gasteiger charge is -2.17. The van der Waals surface area contributed by atoms with Crippen molar-refractivity contribution < 1.29 is 24.4 Å². The Labute approximate surface area is 120 Å². The van der Waals surface area contributed by atoms with E-state index in [2.05, 4.69) is 0 Å². The van der Waals surface area contributed by atoms with E-state index in [4.69, 9.17) is 14.2 Å². The minimum absolute atomic E-state index is 0.0894. The Bertz CT molecular complexity index is 417. The molecule has 20 heavy (non-hydrogen) atoms. The van der Waals surface area contributed by atoms with Crippen LogP contribution in [-0.2, 0) is 0 Å². The SMILES string of the molecule is CCCOc1cc(O)c(OCCC)c(OCCC)c1O. The molecule has 0 saturated carbocycles. The van der Waals surface area contributed by atoms with Gasteiger partial charge in [-0.3, -0.25) is 0 Å². The van der Waals surface area contributed by atoms with Crippen molar-refractivity contribution in [2.24, 2.45) is 0 Å². The minimum Gasteiger partial charge on any atom is -0.504 e. The van der Waals surface area contributed by atoms with Crippen LogP contribution in [0.4, 0.5) is 0 Å². The summed E-state index contributed by atoms with van der Waals surface area (Å²) in [6, 6.07) is 1.36. The maximum atomic E-state index is 10.2. The molecule has 0 aromatic heterocycles. The molecular formula is C15H24O5. The molecule has 0 amide bonds. The second-order valence-corrected chi connectivity index (χ2v) is 4.45. The molecule has 1 aromatic rings. The molecule has 0 spiro atoms. The van der Waals surface area contributed by atoms with Gasteiger partial charge in [0.05, 0.1) is 19.8 Å². The third kappa shape index (κ3) is 4.11. The first-order valence-corrected chi connectivity index (χ1v) is 7.12. The number of hydrogen-bond acceptors (Lipinski definition) is 5. The first kappa shape index (κ1) is 16.3. The van der Waals surface area contributed by atoms with Gasteiger partial charge in [-0.15, -0.1) is 0 Å². The number of ether oxygens (including phenoxy) is 3. The van der Waals surface area contributed by atoms with Gasteiger partial charge in [0.1, 0.15) is 0 Å². The van der Waals surface area contributed by atoms with Crippen LogP contribution < -0.4 is 14.2 Å². The van der Waals surface area contributed by atoms with E-state index >= 15 is 0 Å². The predicted octanol–water partition coefficient (Wildman–Crippen LogP) is 3.46. The lowest BCUT2D eigenvalue weighted by Crippen LogP contribution is -2.03. The molecule has 2 N–H and O–H groups in total. The molecule has 0 aliphatic rings. The van der Waals surface area contributed by atoms with Crippen LogP contribution in [0.1, 0.15) is 40.0 Å². The van der Waals surface area contributed by atoms with Gasteiger partial charge in [0, 0.05) is 6.07 Å². The Morgan fingerprint density at radius 2 is 1.30 bits per heavy atom. The van der Waals surface area contributed by atoms with Crippen LogP contribution in [0.15, 0.2) is 6.07 Å². The fourth-order valence-electron chi connectivity index (χ4n) is 1.60. The zero-order chi connectivity index (χ0) is 15.0. The van der Waals surface area contributed by atoms with Gasteiger partial charge in [-0.2, -0.15) is 0 Å². The molecule has 0 aliphatic carbocycles. The van der Waals surface area contributed by atoms with E-state index in [-0.39, 0.29) is 28.7 Å². The molecule has 1 aromatic carbocycles. The zero-order valence-corrected chi connectivity index (χ0v) is 12.4. The minimum atomic E-state index is -0.129. The fraction of sp³-hybridized carbons (Fsp3) is 0.600. The van der Waals surface area contributed by atoms with Crippen molar-refractivity contribution in [1.29, 1.82) is 0 Å². The van der Waals surface area contributed by atoms with Gasteiger partial charge >= 0.3 is 0 Å². The molecule has 0 bridgehead atoms. The zero-order valence-electron chi connectivity index (χ0n) is 12.4. The van der Waals surface area contributed by atoms with Gasteiger partial charge in [-0.1, -0.05) is 20.8 Å². The lowest BCUT2D eigenvalue weighted by atomic mass is 10.2. The molecule has 0 aliphatic heterocycles. The number of aromatic hydroxyl groups is 2. The molecule has 0 radical (unpaired) electrons. The van der Waals surface area contributed by atoms with Crippen molar-refractivity contribution in [3.8, 4) is 28.7 Å². The van der Waals surface area contributed by atoms with Crippen LogP contribution in [0.2, 0.25) is 0 Å². The average Bonchev–Trinajstić information content (AvgIpc) is 2.45. The van der Waals surface area contributed by atoms with Crippen molar-refractivity contribution in [2.45, 2.75) is 40.0 Å². The second kappa shape index (κ2) is 8.40. The van der Waals surface area contributed by atoms with Gasteiger partial charge in [0.15, 0.2) is 11.5 Å². The summed E-state index contributed by atoms with van der Waals surface area (Å²) in [5.41, 5.74) is 0. The Hall–Kier alpha value is -1.78. The second-order valence-electron chi connectivity index (χ2n) is 4.45. The molecule has 114 valence electrons. The normalized spacial score (nSPS) is 10.3. The standard InChI is InChI=1S/C15H24O5/c1-4-7-18-12-10-11(16)14(19-8-5-2)15(13(12)17)20-9-6-3/h10,16-17H,4-9H2,1-3H3. The summed E-state index contributed by atoms with van der Waals surface area (Å²) < 4.78 is 16.4. The molecule has 5 heteroatoms. The van der Waals surface area contributed by atoms with Crippen molar-refractivity contribution in [3.05, 3.63) is 6.07 Å². The Morgan fingerprint density at radius 3 is 1.85 bits per heavy atom. The molecule has 0 saturated heterocycles. The topological polar surface area (TPSA) is 68.2 Å². The summed E-state index contributed by atoms with van der Waals surface area (Å²) >= 11 is 0. The number of phenolic OH excluding ortho intramolecular Hbond substituents is 2. The molecule has 0 atom stereocenters. The first-order chi connectivity index (χ1) is 9.65. The van der Waals surface area contributed by atoms with Gasteiger partial charge in [0.25, 0.3) is 0 Å². The number of hydrogen-bond donors (Lipinski definition) is 2. The van der Waals surface area contributed by atoms with Crippen LogP contribution in [0.3, 0.4) is 0 Å². The summed E-state index contributed by atoms with van der Waals surface area (Å²) in [6.07, 6.45) is 2.38. The van der Waals surface area contributed by atoms with E-state index in [0.717, 1.165) is 19.3 Å². The summed E-state index contributed by atoms with van der Waals surface area (Å²) in [6.45, 7) is 7.19. The molecule has 0 unspecified atom stereocenters. The predicted molar refractivity (Wildman–Crippen MR) is 77.1 cm³/mol. The number of rotatable bonds is 9. The smallest absolute Gasteiger partial charge is 0.211 e. The monoisotopic (exact) mass is 284 g/mol. The third-order valence-electron chi connectivity index (χ3n) is 2.52. The highest BCUT2D eigenvalue weighted by atomic mass is 16.5. The van der Waals surface area contributed by atoms with Crippen molar-refractivity contribution in [1.82, 2.24) is 0 Å². The van der Waals surface area contributed by atoms with Crippen molar-refractivity contribution >= 4 is 0 Å². The molecule has 0 fully saturated rings. The van der Waals surface area contributed by atoms with E-state index in [9.17, 15) is 10.2 Å². The third-order valence-corrected chi connectivity index (χ3v) is 2.52.